The second-order valence-corrected chi connectivity index (χ2v) is 4.81. The molecular formula is C11H14N2O3S. The molecule has 0 saturated carbocycles. The Balaban J connectivity index is 2.01. The second kappa shape index (κ2) is 5.39. The number of hydrogen-bond donors (Lipinski definition) is 1. The molecule has 1 aromatic rings. The van der Waals surface area contributed by atoms with Crippen molar-refractivity contribution in [2.45, 2.75) is 6.04 Å². The van der Waals surface area contributed by atoms with Crippen molar-refractivity contribution in [3.8, 4) is 0 Å². The zero-order chi connectivity index (χ0) is 12.3. The lowest BCUT2D eigenvalue weighted by molar-refractivity contribution is -0.128. The molecule has 92 valence electrons. The zero-order valence-electron chi connectivity index (χ0n) is 9.30. The number of ether oxygens (including phenoxy) is 1. The first-order valence-corrected chi connectivity index (χ1v) is 6.24. The fourth-order valence-corrected chi connectivity index (χ4v) is 2.45. The number of carbonyl (C=O) groups excluding carboxylic acids is 2. The monoisotopic (exact) mass is 254 g/mol. The number of primary amides is 1. The van der Waals surface area contributed by atoms with Crippen LogP contribution in [-0.4, -0.2) is 48.9 Å². The van der Waals surface area contributed by atoms with E-state index in [4.69, 9.17) is 10.5 Å². The molecule has 1 aromatic heterocycles. The van der Waals surface area contributed by atoms with E-state index in [2.05, 4.69) is 0 Å². The first-order valence-electron chi connectivity index (χ1n) is 5.36. The van der Waals surface area contributed by atoms with Crippen LogP contribution in [-0.2, 0) is 9.53 Å². The van der Waals surface area contributed by atoms with Gasteiger partial charge in [-0.05, 0) is 11.4 Å². The minimum Gasteiger partial charge on any atom is -0.378 e. The van der Waals surface area contributed by atoms with Crippen molar-refractivity contribution < 1.29 is 14.3 Å². The van der Waals surface area contributed by atoms with E-state index in [1.165, 1.54) is 11.3 Å². The lowest BCUT2D eigenvalue weighted by Crippen LogP contribution is -2.53. The van der Waals surface area contributed by atoms with Crippen LogP contribution in [0.25, 0.3) is 0 Å². The minimum atomic E-state index is -0.493. The molecule has 2 rings (SSSR count). The third-order valence-corrected chi connectivity index (χ3v) is 3.62. The maximum atomic E-state index is 11.9. The molecule has 0 radical (unpaired) electrons. The predicted octanol–water partition coefficient (Wildman–Crippen LogP) is 0.117. The van der Waals surface area contributed by atoms with E-state index >= 15 is 0 Å². The van der Waals surface area contributed by atoms with E-state index < -0.39 is 11.9 Å². The molecule has 1 aliphatic heterocycles. The fourth-order valence-electron chi connectivity index (χ4n) is 1.79. The molecule has 1 unspecified atom stereocenters. The largest absolute Gasteiger partial charge is 0.378 e. The number of nitrogens with two attached hydrogens (primary N) is 1. The number of nitrogens with zero attached hydrogens (tertiary/aromatic N) is 1. The van der Waals surface area contributed by atoms with Gasteiger partial charge in [-0.15, -0.1) is 11.3 Å². The lowest BCUT2D eigenvalue weighted by Gasteiger charge is -2.32. The van der Waals surface area contributed by atoms with Gasteiger partial charge in [-0.1, -0.05) is 6.07 Å². The summed E-state index contributed by atoms with van der Waals surface area (Å²) in [6, 6.07) is 3.13. The Hall–Kier alpha value is -1.24. The third-order valence-electron chi connectivity index (χ3n) is 2.71. The van der Waals surface area contributed by atoms with Gasteiger partial charge >= 0.3 is 0 Å². The highest BCUT2D eigenvalue weighted by molar-refractivity contribution is 7.12. The maximum Gasteiger partial charge on any atom is 0.237 e. The van der Waals surface area contributed by atoms with E-state index in [1.807, 2.05) is 11.4 Å². The van der Waals surface area contributed by atoms with Crippen molar-refractivity contribution in [2.75, 3.05) is 26.3 Å². The summed E-state index contributed by atoms with van der Waals surface area (Å²) in [4.78, 5) is 25.6. The number of ketones is 1. The minimum absolute atomic E-state index is 0.0214. The summed E-state index contributed by atoms with van der Waals surface area (Å²) in [6.07, 6.45) is 0. The van der Waals surface area contributed by atoms with E-state index in [0.717, 1.165) is 0 Å². The molecule has 2 N–H and O–H groups in total. The van der Waals surface area contributed by atoms with Crippen LogP contribution in [0, 0.1) is 0 Å². The van der Waals surface area contributed by atoms with E-state index in [-0.39, 0.29) is 18.9 Å². The van der Waals surface area contributed by atoms with Crippen molar-refractivity contribution in [3.05, 3.63) is 22.4 Å². The molecule has 1 fully saturated rings. The first-order chi connectivity index (χ1) is 8.18. The lowest BCUT2D eigenvalue weighted by atomic mass is 10.2. The predicted molar refractivity (Wildman–Crippen MR) is 64.0 cm³/mol. The molecule has 6 heteroatoms. The van der Waals surface area contributed by atoms with Crippen molar-refractivity contribution in [3.63, 3.8) is 0 Å². The normalized spacial score (nSPS) is 21.3. The van der Waals surface area contributed by atoms with Gasteiger partial charge in [0.05, 0.1) is 24.6 Å². The Morgan fingerprint density at radius 2 is 2.41 bits per heavy atom. The van der Waals surface area contributed by atoms with Gasteiger partial charge in [-0.2, -0.15) is 0 Å². The van der Waals surface area contributed by atoms with Gasteiger partial charge < -0.3 is 10.5 Å². The van der Waals surface area contributed by atoms with Gasteiger partial charge in [0.25, 0.3) is 0 Å². The highest BCUT2D eigenvalue weighted by atomic mass is 32.1. The van der Waals surface area contributed by atoms with Gasteiger partial charge in [0.15, 0.2) is 5.78 Å². The van der Waals surface area contributed by atoms with Gasteiger partial charge in [0.2, 0.25) is 5.91 Å². The number of carbonyl (C=O) groups is 2. The molecule has 0 aromatic carbocycles. The summed E-state index contributed by atoms with van der Waals surface area (Å²) in [7, 11) is 0. The van der Waals surface area contributed by atoms with Gasteiger partial charge in [0.1, 0.15) is 6.04 Å². The van der Waals surface area contributed by atoms with Crippen LogP contribution in [0.5, 0.6) is 0 Å². The van der Waals surface area contributed by atoms with Crippen molar-refractivity contribution >= 4 is 23.0 Å². The summed E-state index contributed by atoms with van der Waals surface area (Å²) in [5, 5.41) is 1.86. The number of rotatable bonds is 4. The molecule has 1 atom stereocenters. The summed E-state index contributed by atoms with van der Waals surface area (Å²) >= 11 is 1.41. The molecule has 1 aliphatic rings. The molecule has 5 nitrogen and oxygen atoms in total. The van der Waals surface area contributed by atoms with Crippen LogP contribution in [0.3, 0.4) is 0 Å². The van der Waals surface area contributed by atoms with Crippen LogP contribution < -0.4 is 5.73 Å². The van der Waals surface area contributed by atoms with E-state index in [9.17, 15) is 9.59 Å². The quantitative estimate of drug-likeness (QED) is 0.774. The number of hydrogen-bond acceptors (Lipinski definition) is 5. The Labute approximate surface area is 103 Å². The van der Waals surface area contributed by atoms with Gasteiger partial charge in [0, 0.05) is 6.54 Å². The summed E-state index contributed by atoms with van der Waals surface area (Å²) in [5.41, 5.74) is 5.28. The number of Topliss-reactive ketones (excluding diaryl/α,β-unsaturated/α-hetero) is 1. The molecular weight excluding hydrogens is 240 g/mol. The van der Waals surface area contributed by atoms with Gasteiger partial charge in [-0.3, -0.25) is 14.5 Å². The molecule has 0 aliphatic carbocycles. The average Bonchev–Trinajstić information content (AvgIpc) is 2.83. The first kappa shape index (κ1) is 12.2. The third kappa shape index (κ3) is 2.91. The van der Waals surface area contributed by atoms with Crippen LogP contribution >= 0.6 is 11.3 Å². The Kier molecular flexibility index (Phi) is 3.88. The summed E-state index contributed by atoms with van der Waals surface area (Å²) in [6.45, 7) is 1.58. The summed E-state index contributed by atoms with van der Waals surface area (Å²) < 4.78 is 5.19. The van der Waals surface area contributed by atoms with Crippen molar-refractivity contribution in [1.82, 2.24) is 4.90 Å². The van der Waals surface area contributed by atoms with Crippen molar-refractivity contribution in [1.29, 1.82) is 0 Å². The Morgan fingerprint density at radius 1 is 1.59 bits per heavy atom. The fraction of sp³-hybridized carbons (Fsp3) is 0.455. The SMILES string of the molecule is NC(=O)C1COCCN1CC(=O)c1cccs1. The van der Waals surface area contributed by atoms with E-state index in [0.29, 0.717) is 18.0 Å². The Bertz CT molecular complexity index is 405. The average molecular weight is 254 g/mol. The second-order valence-electron chi connectivity index (χ2n) is 3.86. The maximum absolute atomic E-state index is 11.9. The molecule has 1 saturated heterocycles. The smallest absolute Gasteiger partial charge is 0.237 e. The highest BCUT2D eigenvalue weighted by Crippen LogP contribution is 2.13. The molecule has 2 heterocycles. The topological polar surface area (TPSA) is 72.6 Å². The van der Waals surface area contributed by atoms with E-state index in [1.54, 1.807) is 11.0 Å². The number of amides is 1. The molecule has 1 amide bonds. The van der Waals surface area contributed by atoms with Crippen molar-refractivity contribution in [2.24, 2.45) is 5.73 Å². The van der Waals surface area contributed by atoms with Crippen LogP contribution in [0.4, 0.5) is 0 Å². The van der Waals surface area contributed by atoms with Crippen LogP contribution in [0.2, 0.25) is 0 Å². The Morgan fingerprint density at radius 3 is 3.06 bits per heavy atom. The molecule has 0 bridgehead atoms. The van der Waals surface area contributed by atoms with Crippen LogP contribution in [0.15, 0.2) is 17.5 Å². The van der Waals surface area contributed by atoms with Gasteiger partial charge in [-0.25, -0.2) is 0 Å². The highest BCUT2D eigenvalue weighted by Gasteiger charge is 2.29. The number of morpholine rings is 1. The standard InChI is InChI=1S/C11H14N2O3S/c12-11(15)8-7-16-4-3-13(8)6-9(14)10-2-1-5-17-10/h1-2,5,8H,3-4,6-7H2,(H2,12,15). The molecule has 0 spiro atoms. The summed E-state index contributed by atoms with van der Waals surface area (Å²) in [5.74, 6) is -0.420. The van der Waals surface area contributed by atoms with Crippen LogP contribution in [0.1, 0.15) is 9.67 Å². The zero-order valence-corrected chi connectivity index (χ0v) is 10.1. The molecule has 17 heavy (non-hydrogen) atoms. The number of thiophene rings is 1.